The SMILES string of the molecule is CCC(CC(=O)O)C(=O)OSc1nc2ccccc2o1. The highest BCUT2D eigenvalue weighted by Crippen LogP contribution is 2.25. The van der Waals surface area contributed by atoms with Crippen molar-refractivity contribution in [3.8, 4) is 0 Å². The minimum absolute atomic E-state index is 0.213. The van der Waals surface area contributed by atoms with Gasteiger partial charge >= 0.3 is 11.9 Å². The van der Waals surface area contributed by atoms with Crippen LogP contribution in [0.3, 0.4) is 0 Å². The first-order chi connectivity index (χ1) is 9.60. The highest BCUT2D eigenvalue weighted by atomic mass is 32.2. The van der Waals surface area contributed by atoms with Crippen molar-refractivity contribution in [2.75, 3.05) is 0 Å². The molecule has 1 unspecified atom stereocenters. The number of hydrogen-bond acceptors (Lipinski definition) is 6. The zero-order valence-electron chi connectivity index (χ0n) is 10.7. The van der Waals surface area contributed by atoms with Crippen molar-refractivity contribution in [1.29, 1.82) is 0 Å². The van der Waals surface area contributed by atoms with Gasteiger partial charge in [0.25, 0.3) is 5.22 Å². The first-order valence-electron chi connectivity index (χ1n) is 6.06. The third-order valence-corrected chi connectivity index (χ3v) is 3.28. The van der Waals surface area contributed by atoms with Gasteiger partial charge < -0.3 is 13.7 Å². The van der Waals surface area contributed by atoms with E-state index in [9.17, 15) is 9.59 Å². The molecule has 0 amide bonds. The maximum atomic E-state index is 11.7. The van der Waals surface area contributed by atoms with Crippen molar-refractivity contribution in [3.63, 3.8) is 0 Å². The van der Waals surface area contributed by atoms with E-state index in [4.69, 9.17) is 13.7 Å². The number of carbonyl (C=O) groups is 2. The standard InChI is InChI=1S/C13H13NO5S/c1-2-8(7-11(15)16)12(17)19-20-13-14-9-5-3-4-6-10(9)18-13/h3-6,8H,2,7H2,1H3,(H,15,16). The second-order valence-electron chi connectivity index (χ2n) is 4.14. The zero-order valence-corrected chi connectivity index (χ0v) is 11.6. The van der Waals surface area contributed by atoms with Crippen LogP contribution in [-0.2, 0) is 13.8 Å². The quantitative estimate of drug-likeness (QED) is 0.819. The summed E-state index contributed by atoms with van der Waals surface area (Å²) in [7, 11) is 0. The number of rotatable bonds is 6. The maximum absolute atomic E-state index is 11.7. The number of nitrogens with zero attached hydrogens (tertiary/aromatic N) is 1. The fourth-order valence-corrected chi connectivity index (χ4v) is 2.19. The molecule has 0 aliphatic heterocycles. The van der Waals surface area contributed by atoms with E-state index in [0.717, 1.165) is 0 Å². The van der Waals surface area contributed by atoms with Crippen LogP contribution < -0.4 is 0 Å². The van der Waals surface area contributed by atoms with Gasteiger partial charge in [-0.2, -0.15) is 0 Å². The Balaban J connectivity index is 1.96. The van der Waals surface area contributed by atoms with E-state index in [1.54, 1.807) is 19.1 Å². The van der Waals surface area contributed by atoms with Gasteiger partial charge in [-0.3, -0.25) is 9.59 Å². The molecule has 0 spiro atoms. The summed E-state index contributed by atoms with van der Waals surface area (Å²) in [5.41, 5.74) is 1.27. The Hall–Kier alpha value is -2.02. The van der Waals surface area contributed by atoms with Crippen LogP contribution in [0.4, 0.5) is 0 Å². The van der Waals surface area contributed by atoms with Gasteiger partial charge in [-0.1, -0.05) is 19.1 Å². The fraction of sp³-hybridized carbons (Fsp3) is 0.308. The van der Waals surface area contributed by atoms with Gasteiger partial charge in [0.2, 0.25) is 0 Å². The average Bonchev–Trinajstić information content (AvgIpc) is 2.84. The Morgan fingerprint density at radius 2 is 2.20 bits per heavy atom. The fourth-order valence-electron chi connectivity index (χ4n) is 1.64. The van der Waals surface area contributed by atoms with Gasteiger partial charge in [-0.25, -0.2) is 4.98 Å². The van der Waals surface area contributed by atoms with Crippen LogP contribution in [0, 0.1) is 5.92 Å². The van der Waals surface area contributed by atoms with E-state index in [1.165, 1.54) is 0 Å². The van der Waals surface area contributed by atoms with Crippen molar-refractivity contribution in [2.45, 2.75) is 25.0 Å². The number of carbonyl (C=O) groups excluding carboxylic acids is 1. The normalized spacial score (nSPS) is 12.2. The van der Waals surface area contributed by atoms with E-state index in [1.807, 2.05) is 12.1 Å². The van der Waals surface area contributed by atoms with Crippen LogP contribution in [-0.4, -0.2) is 22.0 Å². The number of fused-ring (bicyclic) bond motifs is 1. The topological polar surface area (TPSA) is 89.6 Å². The summed E-state index contributed by atoms with van der Waals surface area (Å²) in [4.78, 5) is 26.5. The molecular weight excluding hydrogens is 282 g/mol. The molecule has 0 fully saturated rings. The molecule has 0 bridgehead atoms. The molecule has 0 saturated carbocycles. The first kappa shape index (κ1) is 14.4. The lowest BCUT2D eigenvalue weighted by molar-refractivity contribution is -0.145. The van der Waals surface area contributed by atoms with E-state index in [2.05, 4.69) is 4.98 Å². The van der Waals surface area contributed by atoms with Gasteiger partial charge in [0, 0.05) is 0 Å². The Morgan fingerprint density at radius 3 is 2.85 bits per heavy atom. The maximum Gasteiger partial charge on any atom is 0.322 e. The minimum atomic E-state index is -1.03. The first-order valence-corrected chi connectivity index (χ1v) is 6.80. The van der Waals surface area contributed by atoms with Gasteiger partial charge in [0.1, 0.15) is 5.52 Å². The Kier molecular flexibility index (Phi) is 4.62. The molecule has 2 aromatic rings. The summed E-state index contributed by atoms with van der Waals surface area (Å²) in [6.07, 6.45) is 0.155. The van der Waals surface area contributed by atoms with Crippen LogP contribution in [0.2, 0.25) is 0 Å². The van der Waals surface area contributed by atoms with E-state index in [-0.39, 0.29) is 11.6 Å². The number of carboxylic acids is 1. The van der Waals surface area contributed by atoms with Crippen molar-refractivity contribution in [3.05, 3.63) is 24.3 Å². The van der Waals surface area contributed by atoms with E-state index >= 15 is 0 Å². The molecule has 2 rings (SSSR count). The monoisotopic (exact) mass is 295 g/mol. The van der Waals surface area contributed by atoms with Crippen LogP contribution in [0.15, 0.2) is 33.9 Å². The Morgan fingerprint density at radius 1 is 1.45 bits per heavy atom. The number of hydrogen-bond donors (Lipinski definition) is 1. The van der Waals surface area contributed by atoms with Gasteiger partial charge in [0.15, 0.2) is 17.6 Å². The molecule has 0 radical (unpaired) electrons. The van der Waals surface area contributed by atoms with Gasteiger partial charge in [-0.05, 0) is 18.6 Å². The summed E-state index contributed by atoms with van der Waals surface area (Å²) in [6, 6.07) is 7.18. The van der Waals surface area contributed by atoms with Gasteiger partial charge in [-0.15, -0.1) is 0 Å². The summed E-state index contributed by atoms with van der Waals surface area (Å²) >= 11 is 0.705. The van der Waals surface area contributed by atoms with Gasteiger partial charge in [0.05, 0.1) is 12.3 Å². The van der Waals surface area contributed by atoms with Crippen molar-refractivity contribution in [2.24, 2.45) is 5.92 Å². The molecular formula is C13H13NO5S. The van der Waals surface area contributed by atoms with Crippen molar-refractivity contribution >= 4 is 35.1 Å². The Labute approximate surface area is 119 Å². The zero-order chi connectivity index (χ0) is 14.5. The second-order valence-corrected chi connectivity index (χ2v) is 4.82. The molecule has 20 heavy (non-hydrogen) atoms. The third-order valence-electron chi connectivity index (χ3n) is 2.72. The average molecular weight is 295 g/mol. The highest BCUT2D eigenvalue weighted by Gasteiger charge is 2.22. The smallest absolute Gasteiger partial charge is 0.322 e. The lowest BCUT2D eigenvalue weighted by Crippen LogP contribution is -2.18. The Bertz CT molecular complexity index is 591. The van der Waals surface area contributed by atoms with Crippen molar-refractivity contribution < 1.29 is 23.3 Å². The highest BCUT2D eigenvalue weighted by molar-refractivity contribution is 7.94. The molecule has 7 heteroatoms. The summed E-state index contributed by atoms with van der Waals surface area (Å²) in [6.45, 7) is 1.74. The summed E-state index contributed by atoms with van der Waals surface area (Å²) < 4.78 is 10.3. The number of para-hydroxylation sites is 2. The second kappa shape index (κ2) is 6.42. The number of aromatic nitrogens is 1. The lowest BCUT2D eigenvalue weighted by Gasteiger charge is -2.09. The molecule has 1 aromatic heterocycles. The van der Waals surface area contributed by atoms with Crippen LogP contribution >= 0.6 is 12.0 Å². The summed E-state index contributed by atoms with van der Waals surface area (Å²) in [5, 5.41) is 8.91. The molecule has 0 saturated heterocycles. The predicted molar refractivity (Wildman–Crippen MR) is 72.0 cm³/mol. The third kappa shape index (κ3) is 3.51. The number of aliphatic carboxylic acids is 1. The molecule has 1 N–H and O–H groups in total. The molecule has 0 aliphatic rings. The molecule has 0 aliphatic carbocycles. The molecule has 106 valence electrons. The van der Waals surface area contributed by atoms with Crippen LogP contribution in [0.5, 0.6) is 0 Å². The molecule has 1 heterocycles. The molecule has 1 aromatic carbocycles. The van der Waals surface area contributed by atoms with E-state index in [0.29, 0.717) is 29.6 Å². The van der Waals surface area contributed by atoms with Crippen molar-refractivity contribution in [1.82, 2.24) is 4.98 Å². The largest absolute Gasteiger partial charge is 0.481 e. The van der Waals surface area contributed by atoms with Crippen LogP contribution in [0.25, 0.3) is 11.1 Å². The van der Waals surface area contributed by atoms with Crippen LogP contribution in [0.1, 0.15) is 19.8 Å². The number of benzene rings is 1. The minimum Gasteiger partial charge on any atom is -0.481 e. The molecule has 6 nitrogen and oxygen atoms in total. The predicted octanol–water partition coefficient (Wildman–Crippen LogP) is 2.88. The lowest BCUT2D eigenvalue weighted by atomic mass is 10.0. The summed E-state index contributed by atoms with van der Waals surface area (Å²) in [5.74, 6) is -2.27. The number of oxazole rings is 1. The number of carboxylic acid groups (broad SMARTS) is 1. The van der Waals surface area contributed by atoms with E-state index < -0.39 is 17.9 Å². The molecule has 1 atom stereocenters.